The second-order valence-corrected chi connectivity index (χ2v) is 10.6. The van der Waals surface area contributed by atoms with Gasteiger partial charge in [0.1, 0.15) is 5.82 Å². The maximum absolute atomic E-state index is 13.2. The standard InChI is InChI=1S/C21H23Cl2N3O4S/c1-31(29,30)19-9-8-17(12-18(19)23)26(20-10-5-15(22)13-24-20)21(27)11-4-14-2-6-16(25-28)7-3-14/h5,8-10,12-14,16H,2-4,6-7,11H2,1H3. The molecule has 7 nitrogen and oxygen atoms in total. The highest BCUT2D eigenvalue weighted by Gasteiger charge is 2.25. The van der Waals surface area contributed by atoms with E-state index in [1.807, 2.05) is 0 Å². The summed E-state index contributed by atoms with van der Waals surface area (Å²) in [5.74, 6) is 0.540. The van der Waals surface area contributed by atoms with Crippen molar-refractivity contribution in [2.45, 2.75) is 49.5 Å². The first-order chi connectivity index (χ1) is 14.7. The van der Waals surface area contributed by atoms with Crippen LogP contribution >= 0.6 is 23.2 Å². The van der Waals surface area contributed by atoms with Gasteiger partial charge in [0.2, 0.25) is 5.91 Å². The van der Waals surface area contributed by atoms with E-state index in [1.165, 1.54) is 29.3 Å². The molecule has 0 unspecified atom stereocenters. The van der Waals surface area contributed by atoms with Crippen molar-refractivity contribution < 1.29 is 13.2 Å². The molecule has 0 spiro atoms. The second-order valence-electron chi connectivity index (χ2n) is 7.77. The van der Waals surface area contributed by atoms with Crippen LogP contribution in [0.1, 0.15) is 38.5 Å². The zero-order valence-electron chi connectivity index (χ0n) is 17.0. The number of amides is 1. The average molecular weight is 484 g/mol. The highest BCUT2D eigenvalue weighted by atomic mass is 35.5. The summed E-state index contributed by atoms with van der Waals surface area (Å²) < 4.78 is 23.8. The van der Waals surface area contributed by atoms with Crippen molar-refractivity contribution in [3.8, 4) is 0 Å². The molecule has 1 heterocycles. The van der Waals surface area contributed by atoms with Crippen molar-refractivity contribution in [1.82, 2.24) is 4.98 Å². The smallest absolute Gasteiger partial charge is 0.232 e. The molecule has 1 aliphatic carbocycles. The van der Waals surface area contributed by atoms with Crippen LogP contribution in [0, 0.1) is 10.8 Å². The fourth-order valence-electron chi connectivity index (χ4n) is 3.81. The Bertz CT molecular complexity index is 1050. The first kappa shape index (κ1) is 23.6. The molecule has 0 radical (unpaired) electrons. The molecule has 0 saturated heterocycles. The first-order valence-corrected chi connectivity index (χ1v) is 12.6. The number of anilines is 2. The van der Waals surface area contributed by atoms with Crippen molar-refractivity contribution in [2.75, 3.05) is 11.2 Å². The minimum atomic E-state index is -3.50. The third kappa shape index (κ3) is 6.02. The van der Waals surface area contributed by atoms with E-state index in [9.17, 15) is 18.1 Å². The zero-order valence-corrected chi connectivity index (χ0v) is 19.3. The van der Waals surface area contributed by atoms with Crippen LogP contribution in [0.3, 0.4) is 0 Å². The Morgan fingerprint density at radius 2 is 1.87 bits per heavy atom. The lowest BCUT2D eigenvalue weighted by molar-refractivity contribution is -0.118. The normalized spacial score (nSPS) is 19.1. The predicted molar refractivity (Wildman–Crippen MR) is 122 cm³/mol. The van der Waals surface area contributed by atoms with E-state index in [1.54, 1.807) is 12.1 Å². The van der Waals surface area contributed by atoms with Crippen LogP contribution in [0.5, 0.6) is 0 Å². The number of benzene rings is 1. The summed E-state index contributed by atoms with van der Waals surface area (Å²) in [7, 11) is -3.50. The van der Waals surface area contributed by atoms with E-state index < -0.39 is 9.84 Å². The van der Waals surface area contributed by atoms with Gasteiger partial charge >= 0.3 is 0 Å². The lowest BCUT2D eigenvalue weighted by Crippen LogP contribution is -2.27. The molecule has 1 aromatic carbocycles. The predicted octanol–water partition coefficient (Wildman–Crippen LogP) is 5.56. The molecular formula is C21H23Cl2N3O4S. The van der Waals surface area contributed by atoms with Crippen LogP contribution in [0.4, 0.5) is 11.5 Å². The Morgan fingerprint density at radius 3 is 2.42 bits per heavy atom. The van der Waals surface area contributed by atoms with Crippen LogP contribution in [0.15, 0.2) is 46.6 Å². The van der Waals surface area contributed by atoms with Gasteiger partial charge in [-0.05, 0) is 68.4 Å². The average Bonchev–Trinajstić information content (AvgIpc) is 2.73. The van der Waals surface area contributed by atoms with Crippen LogP contribution in [-0.4, -0.2) is 31.6 Å². The summed E-state index contributed by atoms with van der Waals surface area (Å²) in [6, 6.07) is 7.52. The maximum Gasteiger partial charge on any atom is 0.232 e. The summed E-state index contributed by atoms with van der Waals surface area (Å²) in [6.07, 6.45) is 6.74. The molecule has 1 aliphatic rings. The topological polar surface area (TPSA) is 96.8 Å². The van der Waals surface area contributed by atoms with Gasteiger partial charge in [0.05, 0.1) is 26.7 Å². The largest absolute Gasteiger partial charge is 0.274 e. The Balaban J connectivity index is 1.83. The molecule has 3 rings (SSSR count). The Kier molecular flexibility index (Phi) is 7.67. The van der Waals surface area contributed by atoms with Crippen molar-refractivity contribution in [3.05, 3.63) is 51.5 Å². The minimum absolute atomic E-state index is 0.00470. The van der Waals surface area contributed by atoms with Crippen LogP contribution < -0.4 is 4.90 Å². The molecule has 0 atom stereocenters. The molecule has 2 aromatic rings. The molecule has 0 N–H and O–H groups in total. The van der Waals surface area contributed by atoms with Crippen molar-refractivity contribution >= 4 is 50.5 Å². The number of halogens is 2. The quantitative estimate of drug-likeness (QED) is 0.479. The van der Waals surface area contributed by atoms with Crippen molar-refractivity contribution in [1.29, 1.82) is 0 Å². The van der Waals surface area contributed by atoms with Gasteiger partial charge in [-0.1, -0.05) is 28.4 Å². The maximum atomic E-state index is 13.2. The Labute approximate surface area is 191 Å². The Morgan fingerprint density at radius 1 is 1.16 bits per heavy atom. The fraction of sp³-hybridized carbons (Fsp3) is 0.429. The van der Waals surface area contributed by atoms with Crippen LogP contribution in [-0.2, 0) is 14.6 Å². The highest BCUT2D eigenvalue weighted by molar-refractivity contribution is 7.90. The van der Waals surface area contributed by atoms with Gasteiger partial charge < -0.3 is 0 Å². The monoisotopic (exact) mass is 483 g/mol. The van der Waals surface area contributed by atoms with Gasteiger partial charge in [-0.3, -0.25) is 9.69 Å². The second kappa shape index (κ2) is 10.1. The van der Waals surface area contributed by atoms with Gasteiger partial charge in [0, 0.05) is 18.9 Å². The van der Waals surface area contributed by atoms with Crippen molar-refractivity contribution in [2.24, 2.45) is 11.1 Å². The third-order valence-electron chi connectivity index (χ3n) is 5.50. The van der Waals surface area contributed by atoms with E-state index in [0.29, 0.717) is 28.9 Å². The highest BCUT2D eigenvalue weighted by Crippen LogP contribution is 2.33. The SMILES string of the molecule is CS(=O)(=O)c1ccc(N(C(=O)CCC2CCC(N=O)CC2)c2ccc(Cl)cn2)cc1Cl. The van der Waals surface area contributed by atoms with Crippen LogP contribution in [0.25, 0.3) is 0 Å². The molecular weight excluding hydrogens is 461 g/mol. The molecule has 1 amide bonds. The molecule has 31 heavy (non-hydrogen) atoms. The first-order valence-electron chi connectivity index (χ1n) is 9.95. The summed E-state index contributed by atoms with van der Waals surface area (Å²) in [5.41, 5.74) is 0.422. The van der Waals surface area contributed by atoms with Gasteiger partial charge in [0.15, 0.2) is 9.84 Å². The van der Waals surface area contributed by atoms with E-state index in [4.69, 9.17) is 23.2 Å². The number of sulfone groups is 1. The minimum Gasteiger partial charge on any atom is -0.274 e. The molecule has 1 aromatic heterocycles. The number of pyridine rings is 1. The zero-order chi connectivity index (χ0) is 22.6. The number of hydrogen-bond acceptors (Lipinski definition) is 6. The van der Waals surface area contributed by atoms with E-state index >= 15 is 0 Å². The Hall–Kier alpha value is -2.03. The van der Waals surface area contributed by atoms with Gasteiger partial charge in [0.25, 0.3) is 0 Å². The van der Waals surface area contributed by atoms with Crippen molar-refractivity contribution in [3.63, 3.8) is 0 Å². The molecule has 0 bridgehead atoms. The fourth-order valence-corrected chi connectivity index (χ4v) is 5.25. The number of carbonyl (C=O) groups is 1. The number of rotatable bonds is 7. The number of nitroso groups, excluding NO2 is 1. The molecule has 166 valence electrons. The molecule has 1 fully saturated rings. The van der Waals surface area contributed by atoms with Gasteiger partial charge in [-0.2, -0.15) is 4.91 Å². The number of aromatic nitrogens is 1. The summed E-state index contributed by atoms with van der Waals surface area (Å²) in [4.78, 5) is 29.6. The van der Waals surface area contributed by atoms with Gasteiger partial charge in [-0.15, -0.1) is 0 Å². The number of nitrogens with zero attached hydrogens (tertiary/aromatic N) is 3. The molecule has 1 saturated carbocycles. The molecule has 10 heteroatoms. The number of hydrogen-bond donors (Lipinski definition) is 0. The van der Waals surface area contributed by atoms with Gasteiger partial charge in [-0.25, -0.2) is 13.4 Å². The molecule has 0 aliphatic heterocycles. The lowest BCUT2D eigenvalue weighted by Gasteiger charge is -2.26. The third-order valence-corrected chi connectivity index (χ3v) is 7.30. The summed E-state index contributed by atoms with van der Waals surface area (Å²) in [6.45, 7) is 0. The van der Waals surface area contributed by atoms with Crippen LogP contribution in [0.2, 0.25) is 10.0 Å². The summed E-state index contributed by atoms with van der Waals surface area (Å²) in [5, 5.41) is 3.59. The van der Waals surface area contributed by atoms with E-state index in [2.05, 4.69) is 10.2 Å². The summed E-state index contributed by atoms with van der Waals surface area (Å²) >= 11 is 12.1. The van der Waals surface area contributed by atoms with E-state index in [-0.39, 0.29) is 28.3 Å². The number of carbonyl (C=O) groups excluding carboxylic acids is 1. The van der Waals surface area contributed by atoms with E-state index in [0.717, 1.165) is 31.9 Å². The lowest BCUT2D eigenvalue weighted by atomic mass is 9.83.